The van der Waals surface area contributed by atoms with E-state index in [4.69, 9.17) is 4.74 Å². The van der Waals surface area contributed by atoms with Crippen LogP contribution in [0.15, 0.2) is 18.2 Å². The van der Waals surface area contributed by atoms with Gasteiger partial charge in [-0.3, -0.25) is 0 Å². The third-order valence-electron chi connectivity index (χ3n) is 5.08. The van der Waals surface area contributed by atoms with E-state index >= 15 is 0 Å². The minimum absolute atomic E-state index is 0.409. The molecule has 0 amide bonds. The Balaban J connectivity index is 1.57. The van der Waals surface area contributed by atoms with Crippen molar-refractivity contribution in [2.75, 3.05) is 6.54 Å². The summed E-state index contributed by atoms with van der Waals surface area (Å²) < 4.78 is 6.18. The molecule has 0 bridgehead atoms. The zero-order chi connectivity index (χ0) is 14.7. The third-order valence-corrected chi connectivity index (χ3v) is 5.08. The number of hydrogen-bond acceptors (Lipinski definition) is 2. The van der Waals surface area contributed by atoms with Gasteiger partial charge in [-0.05, 0) is 50.3 Å². The maximum Gasteiger partial charge on any atom is 0.123 e. The lowest BCUT2D eigenvalue weighted by Crippen LogP contribution is -2.31. The molecular weight excluding hydrogens is 258 g/mol. The van der Waals surface area contributed by atoms with E-state index in [1.807, 2.05) is 0 Å². The van der Waals surface area contributed by atoms with Crippen LogP contribution in [0, 0.1) is 12.8 Å². The molecular formula is C19H29NO. The summed E-state index contributed by atoms with van der Waals surface area (Å²) in [6, 6.07) is 7.34. The van der Waals surface area contributed by atoms with Gasteiger partial charge >= 0.3 is 0 Å². The van der Waals surface area contributed by atoms with E-state index in [1.54, 1.807) is 0 Å². The van der Waals surface area contributed by atoms with E-state index in [2.05, 4.69) is 37.4 Å². The Kier molecular flexibility index (Phi) is 4.84. The quantitative estimate of drug-likeness (QED) is 0.836. The predicted molar refractivity (Wildman–Crippen MR) is 88.0 cm³/mol. The van der Waals surface area contributed by atoms with E-state index in [-0.39, 0.29) is 0 Å². The number of hydrogen-bond donors (Lipinski definition) is 1. The fraction of sp³-hybridized carbons (Fsp3) is 0.684. The van der Waals surface area contributed by atoms with Crippen LogP contribution in [0.1, 0.15) is 56.6 Å². The highest BCUT2D eigenvalue weighted by Gasteiger charge is 2.28. The van der Waals surface area contributed by atoms with Crippen LogP contribution in [0.5, 0.6) is 5.75 Å². The van der Waals surface area contributed by atoms with Crippen LogP contribution in [0.25, 0.3) is 0 Å². The van der Waals surface area contributed by atoms with Crippen molar-refractivity contribution in [1.82, 2.24) is 5.32 Å². The molecule has 2 nitrogen and oxygen atoms in total. The van der Waals surface area contributed by atoms with Crippen molar-refractivity contribution in [1.29, 1.82) is 0 Å². The van der Waals surface area contributed by atoms with E-state index in [0.29, 0.717) is 6.10 Å². The van der Waals surface area contributed by atoms with Gasteiger partial charge < -0.3 is 10.1 Å². The minimum Gasteiger partial charge on any atom is -0.490 e. The number of fused-ring (bicyclic) bond motifs is 1. The summed E-state index contributed by atoms with van der Waals surface area (Å²) in [6.45, 7) is 5.49. The Labute approximate surface area is 129 Å². The second kappa shape index (κ2) is 6.83. The predicted octanol–water partition coefficient (Wildman–Crippen LogP) is 4.25. The molecule has 21 heavy (non-hydrogen) atoms. The summed E-state index contributed by atoms with van der Waals surface area (Å²) >= 11 is 0. The second-order valence-corrected chi connectivity index (χ2v) is 6.93. The summed E-state index contributed by atoms with van der Waals surface area (Å²) in [5.41, 5.74) is 2.76. The molecule has 1 aliphatic heterocycles. The molecule has 1 aromatic carbocycles. The highest BCUT2D eigenvalue weighted by atomic mass is 16.5. The fourth-order valence-corrected chi connectivity index (χ4v) is 4.10. The van der Waals surface area contributed by atoms with Gasteiger partial charge in [0.15, 0.2) is 0 Å². The van der Waals surface area contributed by atoms with Gasteiger partial charge in [0.1, 0.15) is 11.9 Å². The van der Waals surface area contributed by atoms with Gasteiger partial charge in [-0.15, -0.1) is 0 Å². The van der Waals surface area contributed by atoms with Crippen molar-refractivity contribution in [2.45, 2.75) is 70.9 Å². The van der Waals surface area contributed by atoms with Crippen molar-refractivity contribution in [2.24, 2.45) is 5.92 Å². The Bertz CT molecular complexity index is 471. The first-order valence-corrected chi connectivity index (χ1v) is 8.74. The average molecular weight is 287 g/mol. The topological polar surface area (TPSA) is 21.3 Å². The lowest BCUT2D eigenvalue weighted by Gasteiger charge is -2.23. The monoisotopic (exact) mass is 287 g/mol. The van der Waals surface area contributed by atoms with Gasteiger partial charge in [0.2, 0.25) is 0 Å². The van der Waals surface area contributed by atoms with Gasteiger partial charge in [-0.2, -0.15) is 0 Å². The molecule has 0 saturated heterocycles. The Hall–Kier alpha value is -1.02. The lowest BCUT2D eigenvalue weighted by molar-refractivity contribution is 0.183. The normalized spacial score (nSPS) is 28.8. The van der Waals surface area contributed by atoms with Gasteiger partial charge in [0.25, 0.3) is 0 Å². The number of nitrogens with one attached hydrogen (secondary N) is 1. The van der Waals surface area contributed by atoms with Crippen LogP contribution in [-0.4, -0.2) is 18.7 Å². The molecule has 2 aliphatic rings. The summed E-state index contributed by atoms with van der Waals surface area (Å²) in [5.74, 6) is 1.96. The fourth-order valence-electron chi connectivity index (χ4n) is 4.10. The Morgan fingerprint density at radius 2 is 2.10 bits per heavy atom. The zero-order valence-electron chi connectivity index (χ0n) is 13.5. The van der Waals surface area contributed by atoms with E-state index < -0.39 is 0 Å². The number of rotatable bonds is 4. The summed E-state index contributed by atoms with van der Waals surface area (Å²) in [6.07, 6.45) is 9.61. The molecule has 3 atom stereocenters. The Morgan fingerprint density at radius 1 is 1.24 bits per heavy atom. The van der Waals surface area contributed by atoms with Gasteiger partial charge in [-0.25, -0.2) is 0 Å². The second-order valence-electron chi connectivity index (χ2n) is 6.93. The van der Waals surface area contributed by atoms with Gasteiger partial charge in [0, 0.05) is 12.5 Å². The first kappa shape index (κ1) is 14.9. The molecule has 1 heterocycles. The molecule has 2 heteroatoms. The zero-order valence-corrected chi connectivity index (χ0v) is 13.5. The molecule has 3 rings (SSSR count). The van der Waals surface area contributed by atoms with Gasteiger partial charge in [0.05, 0.1) is 0 Å². The summed E-state index contributed by atoms with van der Waals surface area (Å²) in [7, 11) is 0. The van der Waals surface area contributed by atoms with Crippen LogP contribution >= 0.6 is 0 Å². The van der Waals surface area contributed by atoms with Crippen LogP contribution in [-0.2, 0) is 6.42 Å². The molecule has 3 unspecified atom stereocenters. The number of aryl methyl sites for hydroxylation is 1. The van der Waals surface area contributed by atoms with Crippen molar-refractivity contribution in [3.63, 3.8) is 0 Å². The van der Waals surface area contributed by atoms with E-state index in [1.165, 1.54) is 49.7 Å². The van der Waals surface area contributed by atoms with Crippen LogP contribution < -0.4 is 10.1 Å². The average Bonchev–Trinajstić information content (AvgIpc) is 2.70. The molecule has 0 spiro atoms. The molecule has 0 radical (unpaired) electrons. The van der Waals surface area contributed by atoms with Crippen LogP contribution in [0.3, 0.4) is 0 Å². The van der Waals surface area contributed by atoms with Crippen LogP contribution in [0.4, 0.5) is 0 Å². The first-order valence-electron chi connectivity index (χ1n) is 8.74. The van der Waals surface area contributed by atoms with Gasteiger partial charge in [-0.1, -0.05) is 43.9 Å². The van der Waals surface area contributed by atoms with Crippen molar-refractivity contribution in [3.05, 3.63) is 29.3 Å². The highest BCUT2D eigenvalue weighted by molar-refractivity contribution is 5.40. The molecule has 1 aromatic rings. The largest absolute Gasteiger partial charge is 0.490 e. The van der Waals surface area contributed by atoms with E-state index in [0.717, 1.165) is 30.7 Å². The smallest absolute Gasteiger partial charge is 0.123 e. The van der Waals surface area contributed by atoms with Crippen LogP contribution in [0.2, 0.25) is 0 Å². The summed E-state index contributed by atoms with van der Waals surface area (Å²) in [5, 5.41) is 3.66. The highest BCUT2D eigenvalue weighted by Crippen LogP contribution is 2.35. The number of benzene rings is 1. The standard InChI is InChI=1S/C19H29NO/c1-3-20-17-7-5-4-6-15(11-17)12-18-13-16-10-14(2)8-9-19(16)21-18/h8-10,15,17-18,20H,3-7,11-13H2,1-2H3. The Morgan fingerprint density at radius 3 is 2.95 bits per heavy atom. The SMILES string of the molecule is CCNC1CCCCC(CC2Cc3cc(C)ccc3O2)C1. The minimum atomic E-state index is 0.409. The molecule has 0 aromatic heterocycles. The third kappa shape index (κ3) is 3.79. The van der Waals surface area contributed by atoms with Crippen molar-refractivity contribution < 1.29 is 4.74 Å². The van der Waals surface area contributed by atoms with Crippen molar-refractivity contribution >= 4 is 0 Å². The molecule has 1 aliphatic carbocycles. The molecule has 1 N–H and O–H groups in total. The maximum absolute atomic E-state index is 6.18. The van der Waals surface area contributed by atoms with E-state index in [9.17, 15) is 0 Å². The molecule has 1 saturated carbocycles. The maximum atomic E-state index is 6.18. The molecule has 1 fully saturated rings. The first-order chi connectivity index (χ1) is 10.2. The van der Waals surface area contributed by atoms with Crippen molar-refractivity contribution in [3.8, 4) is 5.75 Å². The molecule has 116 valence electrons. The summed E-state index contributed by atoms with van der Waals surface area (Å²) in [4.78, 5) is 0. The number of ether oxygens (including phenoxy) is 1. The lowest BCUT2D eigenvalue weighted by atomic mass is 9.90.